The second-order valence-corrected chi connectivity index (χ2v) is 5.78. The molecule has 0 aliphatic rings. The Kier molecular flexibility index (Phi) is 3.65. The van der Waals surface area contributed by atoms with Crippen molar-refractivity contribution < 1.29 is 21.6 Å². The van der Waals surface area contributed by atoms with Gasteiger partial charge in [0.05, 0.1) is 22.5 Å². The van der Waals surface area contributed by atoms with Crippen molar-refractivity contribution >= 4 is 27.3 Å². The Hall–Kier alpha value is -1.74. The van der Waals surface area contributed by atoms with Crippen molar-refractivity contribution in [3.05, 3.63) is 41.0 Å². The summed E-state index contributed by atoms with van der Waals surface area (Å²) in [4.78, 5) is 0. The van der Waals surface area contributed by atoms with E-state index in [4.69, 9.17) is 11.6 Å². The van der Waals surface area contributed by atoms with Crippen LogP contribution < -0.4 is 4.72 Å². The molecule has 0 unspecified atom stereocenters. The zero-order valence-electron chi connectivity index (χ0n) is 9.57. The van der Waals surface area contributed by atoms with Crippen molar-refractivity contribution in [3.8, 4) is 0 Å². The molecule has 0 fully saturated rings. The molecule has 0 aliphatic carbocycles. The van der Waals surface area contributed by atoms with Gasteiger partial charge in [-0.1, -0.05) is 11.6 Å². The van der Waals surface area contributed by atoms with E-state index in [1.807, 2.05) is 4.72 Å². The van der Waals surface area contributed by atoms with Crippen molar-refractivity contribution in [2.45, 2.75) is 11.2 Å². The number of nitrogens with zero attached hydrogens (tertiary/aromatic N) is 1. The van der Waals surface area contributed by atoms with Gasteiger partial charge in [0.1, 0.15) is 0 Å². The number of H-pyrrole nitrogens is 1. The Bertz CT molecular complexity index is 714. The highest BCUT2D eigenvalue weighted by molar-refractivity contribution is 7.92. The Balaban J connectivity index is 2.39. The highest BCUT2D eigenvalue weighted by Crippen LogP contribution is 2.34. The van der Waals surface area contributed by atoms with Crippen LogP contribution in [0.2, 0.25) is 5.02 Å². The number of halogens is 4. The van der Waals surface area contributed by atoms with Crippen molar-refractivity contribution in [1.29, 1.82) is 0 Å². The summed E-state index contributed by atoms with van der Waals surface area (Å²) in [5.74, 6) is 0. The summed E-state index contributed by atoms with van der Waals surface area (Å²) in [6, 6.07) is 3.51. The minimum atomic E-state index is -4.60. The highest BCUT2D eigenvalue weighted by Gasteiger charge is 2.31. The van der Waals surface area contributed by atoms with Crippen LogP contribution in [0.1, 0.15) is 5.56 Å². The molecule has 2 rings (SSSR count). The number of aromatic nitrogens is 2. The second-order valence-electron chi connectivity index (χ2n) is 3.72. The van der Waals surface area contributed by atoms with E-state index in [1.54, 1.807) is 0 Å². The monoisotopic (exact) mass is 325 g/mol. The molecule has 0 spiro atoms. The smallest absolute Gasteiger partial charge is 0.277 e. The van der Waals surface area contributed by atoms with E-state index in [1.165, 1.54) is 6.20 Å². The van der Waals surface area contributed by atoms with Crippen LogP contribution in [0.5, 0.6) is 0 Å². The number of benzene rings is 1. The zero-order chi connectivity index (χ0) is 15.0. The van der Waals surface area contributed by atoms with Gasteiger partial charge in [-0.05, 0) is 24.3 Å². The molecule has 10 heteroatoms. The first-order valence-corrected chi connectivity index (χ1v) is 6.95. The average Bonchev–Trinajstić information content (AvgIpc) is 2.84. The highest BCUT2D eigenvalue weighted by atomic mass is 35.5. The number of anilines is 1. The molecule has 5 nitrogen and oxygen atoms in total. The molecule has 108 valence electrons. The number of nitrogens with one attached hydrogen (secondary N) is 2. The molecule has 0 saturated heterocycles. The van der Waals surface area contributed by atoms with Crippen molar-refractivity contribution in [1.82, 2.24) is 10.2 Å². The number of rotatable bonds is 3. The fourth-order valence-electron chi connectivity index (χ4n) is 1.37. The van der Waals surface area contributed by atoms with Crippen LogP contribution in [0.25, 0.3) is 0 Å². The van der Waals surface area contributed by atoms with E-state index < -0.39 is 21.8 Å². The lowest BCUT2D eigenvalue weighted by molar-refractivity contribution is -0.137. The molecule has 0 amide bonds. The number of aromatic amines is 1. The molecule has 0 radical (unpaired) electrons. The molecule has 0 bridgehead atoms. The number of alkyl halides is 3. The lowest BCUT2D eigenvalue weighted by atomic mass is 10.2. The maximum Gasteiger partial charge on any atom is 0.416 e. The van der Waals surface area contributed by atoms with E-state index in [2.05, 4.69) is 10.2 Å². The molecule has 0 aliphatic heterocycles. The predicted molar refractivity (Wildman–Crippen MR) is 65.9 cm³/mol. The third-order valence-electron chi connectivity index (χ3n) is 2.30. The van der Waals surface area contributed by atoms with Crippen LogP contribution in [0.15, 0.2) is 35.5 Å². The molecule has 2 N–H and O–H groups in total. The van der Waals surface area contributed by atoms with Crippen LogP contribution in [-0.2, 0) is 16.2 Å². The molecule has 0 saturated carbocycles. The van der Waals surface area contributed by atoms with Crippen LogP contribution in [-0.4, -0.2) is 18.6 Å². The first kappa shape index (κ1) is 14.7. The van der Waals surface area contributed by atoms with E-state index in [-0.39, 0.29) is 15.7 Å². The summed E-state index contributed by atoms with van der Waals surface area (Å²) in [6.07, 6.45) is -3.40. The SMILES string of the molecule is O=S(=O)(Nc1cc(C(F)(F)F)ccc1Cl)c1ccn[nH]1. The van der Waals surface area contributed by atoms with Gasteiger partial charge in [-0.2, -0.15) is 26.7 Å². The average molecular weight is 326 g/mol. The maximum absolute atomic E-state index is 12.6. The Morgan fingerprint density at radius 3 is 2.50 bits per heavy atom. The van der Waals surface area contributed by atoms with Gasteiger partial charge in [0.2, 0.25) is 0 Å². The summed E-state index contributed by atoms with van der Waals surface area (Å²) in [5.41, 5.74) is -1.37. The van der Waals surface area contributed by atoms with Crippen LogP contribution >= 0.6 is 11.6 Å². The first-order chi connectivity index (χ1) is 9.20. The van der Waals surface area contributed by atoms with E-state index in [0.717, 1.165) is 18.2 Å². The van der Waals surface area contributed by atoms with Crippen molar-refractivity contribution in [2.75, 3.05) is 4.72 Å². The minimum Gasteiger partial charge on any atom is -0.277 e. The van der Waals surface area contributed by atoms with E-state index in [0.29, 0.717) is 6.07 Å². The van der Waals surface area contributed by atoms with Gasteiger partial charge < -0.3 is 0 Å². The lowest BCUT2D eigenvalue weighted by Crippen LogP contribution is -2.15. The number of hydrogen-bond acceptors (Lipinski definition) is 3. The summed E-state index contributed by atoms with van der Waals surface area (Å²) < 4.78 is 63.4. The fourth-order valence-corrected chi connectivity index (χ4v) is 2.57. The molecule has 0 atom stereocenters. The van der Waals surface area contributed by atoms with Crippen molar-refractivity contribution in [3.63, 3.8) is 0 Å². The maximum atomic E-state index is 12.6. The first-order valence-electron chi connectivity index (χ1n) is 5.09. The molecule has 20 heavy (non-hydrogen) atoms. The quantitative estimate of drug-likeness (QED) is 0.911. The van der Waals surface area contributed by atoms with Crippen LogP contribution in [0.3, 0.4) is 0 Å². The van der Waals surface area contributed by atoms with Crippen molar-refractivity contribution in [2.24, 2.45) is 0 Å². The van der Waals surface area contributed by atoms with Gasteiger partial charge in [0, 0.05) is 0 Å². The largest absolute Gasteiger partial charge is 0.416 e. The number of sulfonamides is 1. The molecule has 2 aromatic rings. The van der Waals surface area contributed by atoms with Gasteiger partial charge in [0.25, 0.3) is 10.0 Å². The Morgan fingerprint density at radius 1 is 1.25 bits per heavy atom. The van der Waals surface area contributed by atoms with Gasteiger partial charge in [-0.3, -0.25) is 9.82 Å². The van der Waals surface area contributed by atoms with Gasteiger partial charge in [0.15, 0.2) is 5.03 Å². The molecular formula is C10H7ClF3N3O2S. The standard InChI is InChI=1S/C10H7ClF3N3O2S/c11-7-2-1-6(10(12,13)14)5-8(7)17-20(18,19)9-3-4-15-16-9/h1-5,17H,(H,15,16). The molecule has 1 aromatic carbocycles. The predicted octanol–water partition coefficient (Wildman–Crippen LogP) is 2.88. The topological polar surface area (TPSA) is 74.8 Å². The third kappa shape index (κ3) is 3.05. The third-order valence-corrected chi connectivity index (χ3v) is 3.93. The zero-order valence-corrected chi connectivity index (χ0v) is 11.1. The Morgan fingerprint density at radius 2 is 1.95 bits per heavy atom. The fraction of sp³-hybridized carbons (Fsp3) is 0.100. The number of hydrogen-bond donors (Lipinski definition) is 2. The van der Waals surface area contributed by atoms with E-state index >= 15 is 0 Å². The van der Waals surface area contributed by atoms with Gasteiger partial charge in [-0.15, -0.1) is 0 Å². The molecule has 1 aromatic heterocycles. The van der Waals surface area contributed by atoms with E-state index in [9.17, 15) is 21.6 Å². The summed E-state index contributed by atoms with van der Waals surface area (Å²) in [5, 5.41) is 5.21. The summed E-state index contributed by atoms with van der Waals surface area (Å²) >= 11 is 5.69. The Labute approximate surface area is 116 Å². The van der Waals surface area contributed by atoms with Gasteiger partial charge >= 0.3 is 6.18 Å². The van der Waals surface area contributed by atoms with Crippen LogP contribution in [0, 0.1) is 0 Å². The normalized spacial score (nSPS) is 12.4. The summed E-state index contributed by atoms with van der Waals surface area (Å²) in [6.45, 7) is 0. The van der Waals surface area contributed by atoms with Gasteiger partial charge in [-0.25, -0.2) is 0 Å². The molecule has 1 heterocycles. The molecular weight excluding hydrogens is 319 g/mol. The lowest BCUT2D eigenvalue weighted by Gasteiger charge is -2.12. The second kappa shape index (κ2) is 4.98. The van der Waals surface area contributed by atoms with Crippen LogP contribution in [0.4, 0.5) is 18.9 Å². The minimum absolute atomic E-state index is 0.152. The summed E-state index contributed by atoms with van der Waals surface area (Å²) in [7, 11) is -4.07.